The summed E-state index contributed by atoms with van der Waals surface area (Å²) in [7, 11) is 0. The fourth-order valence-corrected chi connectivity index (χ4v) is 3.26. The third kappa shape index (κ3) is 12.5. The van der Waals surface area contributed by atoms with Gasteiger partial charge in [0.05, 0.1) is 12.4 Å². The van der Waals surface area contributed by atoms with Crippen LogP contribution in [0.2, 0.25) is 0 Å². The van der Waals surface area contributed by atoms with Gasteiger partial charge >= 0.3 is 24.3 Å². The Kier molecular flexibility index (Phi) is 12.4. The summed E-state index contributed by atoms with van der Waals surface area (Å²) in [5.74, 6) is -5.08. The van der Waals surface area contributed by atoms with E-state index in [1.807, 2.05) is 36.9 Å². The summed E-state index contributed by atoms with van der Waals surface area (Å²) in [5, 5.41) is 24.7. The SMILES string of the molecule is O=C(O)C(F)(F)F.O=C(O)C(F)(F)F.OC(Cc1ccccc1)C1CCN(CCn2ccnc2)CC1. The molecule has 1 atom stereocenters. The van der Waals surface area contributed by atoms with Crippen LogP contribution in [0.4, 0.5) is 26.3 Å². The van der Waals surface area contributed by atoms with E-state index >= 15 is 0 Å². The van der Waals surface area contributed by atoms with Crippen molar-refractivity contribution in [2.24, 2.45) is 5.92 Å². The van der Waals surface area contributed by atoms with Gasteiger partial charge in [0.15, 0.2) is 0 Å². The zero-order valence-electron chi connectivity index (χ0n) is 19.0. The number of likely N-dealkylation sites (tertiary alicyclic amines) is 1. The minimum Gasteiger partial charge on any atom is -0.475 e. The molecule has 1 saturated heterocycles. The summed E-state index contributed by atoms with van der Waals surface area (Å²) < 4.78 is 65.6. The van der Waals surface area contributed by atoms with Gasteiger partial charge in [-0.15, -0.1) is 0 Å². The molecule has 0 bridgehead atoms. The number of aliphatic carboxylic acids is 2. The fraction of sp³-hybridized carbons (Fsp3) is 0.500. The molecule has 2 aromatic rings. The highest BCUT2D eigenvalue weighted by Crippen LogP contribution is 2.23. The van der Waals surface area contributed by atoms with Gasteiger partial charge in [-0.25, -0.2) is 14.6 Å². The summed E-state index contributed by atoms with van der Waals surface area (Å²) >= 11 is 0. The van der Waals surface area contributed by atoms with Gasteiger partial charge in [0.1, 0.15) is 0 Å². The first kappa shape index (κ1) is 30.9. The molecule has 0 spiro atoms. The van der Waals surface area contributed by atoms with E-state index < -0.39 is 24.3 Å². The number of aliphatic hydroxyl groups excluding tert-OH is 1. The Morgan fingerprint density at radius 3 is 1.86 bits per heavy atom. The number of nitrogens with zero attached hydrogens (tertiary/aromatic N) is 3. The lowest BCUT2D eigenvalue weighted by Crippen LogP contribution is -2.39. The molecule has 1 aromatic carbocycles. The predicted octanol–water partition coefficient (Wildman–Crippen LogP) is 3.47. The summed E-state index contributed by atoms with van der Waals surface area (Å²) in [5.41, 5.74) is 1.23. The van der Waals surface area contributed by atoms with Gasteiger partial charge in [0, 0.05) is 25.5 Å². The highest BCUT2D eigenvalue weighted by atomic mass is 19.4. The molecular weight excluding hydrogens is 500 g/mol. The first-order chi connectivity index (χ1) is 16.7. The van der Waals surface area contributed by atoms with Crippen LogP contribution in [0.15, 0.2) is 49.1 Å². The van der Waals surface area contributed by atoms with Crippen LogP contribution in [0.25, 0.3) is 0 Å². The van der Waals surface area contributed by atoms with E-state index in [0.717, 1.165) is 45.4 Å². The molecule has 0 amide bonds. The fourth-order valence-electron chi connectivity index (χ4n) is 3.26. The van der Waals surface area contributed by atoms with Crippen molar-refractivity contribution in [2.75, 3.05) is 19.6 Å². The van der Waals surface area contributed by atoms with Gasteiger partial charge in [-0.2, -0.15) is 26.3 Å². The largest absolute Gasteiger partial charge is 0.490 e. The van der Waals surface area contributed by atoms with Gasteiger partial charge in [-0.3, -0.25) is 0 Å². The van der Waals surface area contributed by atoms with E-state index in [1.54, 1.807) is 0 Å². The molecule has 1 fully saturated rings. The number of rotatable bonds is 6. The molecule has 0 radical (unpaired) electrons. The molecular formula is C22H27F6N3O5. The minimum atomic E-state index is -5.08. The standard InChI is InChI=1S/C18H25N3O.2C2HF3O2/c22-18(14-16-4-2-1-3-5-16)17-6-9-20(10-7-17)12-13-21-11-8-19-15-21;2*3-2(4,5)1(6)7/h1-5,8,11,15,17-18,22H,6-7,9-10,12-14H2;2*(H,6,7). The third-order valence-electron chi connectivity index (χ3n) is 5.18. The Labute approximate surface area is 202 Å². The lowest BCUT2D eigenvalue weighted by atomic mass is 9.88. The molecule has 1 aromatic heterocycles. The molecule has 0 aliphatic carbocycles. The third-order valence-corrected chi connectivity index (χ3v) is 5.18. The predicted molar refractivity (Wildman–Crippen MR) is 115 cm³/mol. The molecule has 0 saturated carbocycles. The normalized spacial score (nSPS) is 15.6. The highest BCUT2D eigenvalue weighted by molar-refractivity contribution is 5.73. The molecule has 2 heterocycles. The van der Waals surface area contributed by atoms with E-state index in [-0.39, 0.29) is 6.10 Å². The van der Waals surface area contributed by atoms with E-state index in [1.165, 1.54) is 5.56 Å². The lowest BCUT2D eigenvalue weighted by Gasteiger charge is -2.34. The number of alkyl halides is 6. The van der Waals surface area contributed by atoms with E-state index in [0.29, 0.717) is 5.92 Å². The van der Waals surface area contributed by atoms with Crippen molar-refractivity contribution in [3.05, 3.63) is 54.6 Å². The van der Waals surface area contributed by atoms with Crippen molar-refractivity contribution in [2.45, 2.75) is 44.3 Å². The first-order valence-electron chi connectivity index (χ1n) is 10.7. The average molecular weight is 527 g/mol. The average Bonchev–Trinajstić information content (AvgIpc) is 3.32. The maximum Gasteiger partial charge on any atom is 0.490 e. The van der Waals surface area contributed by atoms with Crippen LogP contribution in [0.3, 0.4) is 0 Å². The Morgan fingerprint density at radius 1 is 0.944 bits per heavy atom. The zero-order valence-corrected chi connectivity index (χ0v) is 19.0. The monoisotopic (exact) mass is 527 g/mol. The number of imidazole rings is 1. The lowest BCUT2D eigenvalue weighted by molar-refractivity contribution is -0.193. The van der Waals surface area contributed by atoms with Crippen molar-refractivity contribution in [1.82, 2.24) is 14.5 Å². The molecule has 1 aliphatic rings. The van der Waals surface area contributed by atoms with Crippen LogP contribution in [-0.2, 0) is 22.6 Å². The topological polar surface area (TPSA) is 116 Å². The first-order valence-corrected chi connectivity index (χ1v) is 10.7. The number of benzene rings is 1. The number of carbonyl (C=O) groups is 2. The van der Waals surface area contributed by atoms with Crippen molar-refractivity contribution >= 4 is 11.9 Å². The van der Waals surface area contributed by atoms with Crippen molar-refractivity contribution in [3.8, 4) is 0 Å². The van der Waals surface area contributed by atoms with Crippen molar-refractivity contribution in [1.29, 1.82) is 0 Å². The second-order valence-corrected chi connectivity index (χ2v) is 7.84. The second kappa shape index (κ2) is 14.4. The second-order valence-electron chi connectivity index (χ2n) is 7.84. The Morgan fingerprint density at radius 2 is 1.44 bits per heavy atom. The van der Waals surface area contributed by atoms with Crippen LogP contribution in [0.1, 0.15) is 18.4 Å². The van der Waals surface area contributed by atoms with Gasteiger partial charge in [-0.05, 0) is 43.8 Å². The van der Waals surface area contributed by atoms with Crippen molar-refractivity contribution in [3.63, 3.8) is 0 Å². The molecule has 1 aliphatic heterocycles. The molecule has 8 nitrogen and oxygen atoms in total. The molecule has 3 rings (SSSR count). The van der Waals surface area contributed by atoms with Crippen LogP contribution < -0.4 is 0 Å². The number of piperidine rings is 1. The van der Waals surface area contributed by atoms with Crippen LogP contribution in [0, 0.1) is 5.92 Å². The van der Waals surface area contributed by atoms with Gasteiger partial charge in [0.2, 0.25) is 0 Å². The summed E-state index contributed by atoms with van der Waals surface area (Å²) in [6.45, 7) is 4.24. The van der Waals surface area contributed by atoms with E-state index in [9.17, 15) is 31.4 Å². The minimum absolute atomic E-state index is 0.210. The number of carboxylic acid groups (broad SMARTS) is 2. The Bertz CT molecular complexity index is 875. The van der Waals surface area contributed by atoms with Crippen LogP contribution in [0.5, 0.6) is 0 Å². The van der Waals surface area contributed by atoms with Gasteiger partial charge in [-0.1, -0.05) is 30.3 Å². The zero-order chi connectivity index (χ0) is 27.4. The number of carboxylic acids is 2. The Balaban J connectivity index is 0.000000383. The summed E-state index contributed by atoms with van der Waals surface area (Å²) in [4.78, 5) is 24.4. The highest BCUT2D eigenvalue weighted by Gasteiger charge is 2.38. The summed E-state index contributed by atoms with van der Waals surface area (Å²) in [6.07, 6.45) is -1.70. The molecule has 36 heavy (non-hydrogen) atoms. The Hall–Kier alpha value is -3.13. The van der Waals surface area contributed by atoms with E-state index in [2.05, 4.69) is 26.6 Å². The maximum atomic E-state index is 10.6. The van der Waals surface area contributed by atoms with Crippen LogP contribution >= 0.6 is 0 Å². The molecule has 202 valence electrons. The molecule has 14 heteroatoms. The number of halogens is 6. The number of hydrogen-bond acceptors (Lipinski definition) is 5. The number of aromatic nitrogens is 2. The quantitative estimate of drug-likeness (QED) is 0.493. The number of hydrogen-bond donors (Lipinski definition) is 3. The number of aliphatic hydroxyl groups is 1. The molecule has 1 unspecified atom stereocenters. The van der Waals surface area contributed by atoms with Crippen LogP contribution in [-0.4, -0.2) is 79.8 Å². The van der Waals surface area contributed by atoms with Gasteiger partial charge in [0.25, 0.3) is 0 Å². The molecule has 3 N–H and O–H groups in total. The maximum absolute atomic E-state index is 10.6. The van der Waals surface area contributed by atoms with Crippen molar-refractivity contribution < 1.29 is 51.3 Å². The summed E-state index contributed by atoms with van der Waals surface area (Å²) in [6, 6.07) is 10.3. The smallest absolute Gasteiger partial charge is 0.475 e. The van der Waals surface area contributed by atoms with E-state index in [4.69, 9.17) is 19.8 Å². The van der Waals surface area contributed by atoms with Gasteiger partial charge < -0.3 is 24.8 Å².